The van der Waals surface area contributed by atoms with Crippen molar-refractivity contribution in [3.05, 3.63) is 102 Å². The van der Waals surface area contributed by atoms with Crippen LogP contribution in [0.3, 0.4) is 0 Å². The van der Waals surface area contributed by atoms with E-state index in [1.807, 2.05) is 12.1 Å². The van der Waals surface area contributed by atoms with Gasteiger partial charge in [-0.2, -0.15) is 0 Å². The number of para-hydroxylation sites is 1. The zero-order chi connectivity index (χ0) is 22.9. The number of fused-ring (bicyclic) bond motifs is 5. The van der Waals surface area contributed by atoms with E-state index in [4.69, 9.17) is 10.1 Å². The Kier molecular flexibility index (Phi) is 7.31. The second-order valence-electron chi connectivity index (χ2n) is 8.57. The minimum Gasteiger partial charge on any atom is -0.512 e. The maximum atomic E-state index is 10.0. The second-order valence-corrected chi connectivity index (χ2v) is 8.57. The molecule has 0 amide bonds. The first-order chi connectivity index (χ1) is 15.3. The molecule has 4 heteroatoms. The van der Waals surface area contributed by atoms with E-state index in [9.17, 15) is 4.79 Å². The van der Waals surface area contributed by atoms with E-state index in [0.29, 0.717) is 0 Å². The van der Waals surface area contributed by atoms with Crippen LogP contribution in [0, 0.1) is 6.07 Å². The van der Waals surface area contributed by atoms with E-state index in [0.717, 1.165) is 16.8 Å². The van der Waals surface area contributed by atoms with Gasteiger partial charge in [0, 0.05) is 37.0 Å². The number of hydrogen-bond acceptors (Lipinski definition) is 3. The molecule has 5 rings (SSSR count). The molecule has 0 unspecified atom stereocenters. The molecule has 3 nitrogen and oxygen atoms in total. The SMILES string of the molecule is CC(=O)/C=C(/C)O.CC1(C)c2ccccc2-c2c(-c3[c-]cccc3)nc3ccccc3c21.[Ir]. The topological polar surface area (TPSA) is 50.2 Å². The van der Waals surface area contributed by atoms with Crippen molar-refractivity contribution in [1.29, 1.82) is 0 Å². The van der Waals surface area contributed by atoms with E-state index in [1.54, 1.807) is 0 Å². The molecule has 1 aromatic heterocycles. The molecule has 169 valence electrons. The average Bonchev–Trinajstić information content (AvgIpc) is 3.01. The van der Waals surface area contributed by atoms with Gasteiger partial charge in [0.1, 0.15) is 0 Å². The van der Waals surface area contributed by atoms with E-state index in [-0.39, 0.29) is 37.1 Å². The Hall–Kier alpha value is -3.07. The van der Waals surface area contributed by atoms with Gasteiger partial charge in [-0.15, -0.1) is 35.9 Å². The van der Waals surface area contributed by atoms with Crippen molar-refractivity contribution < 1.29 is 30.0 Å². The zero-order valence-electron chi connectivity index (χ0n) is 19.1. The summed E-state index contributed by atoms with van der Waals surface area (Å²) in [5.74, 6) is -0.0625. The van der Waals surface area contributed by atoms with Crippen LogP contribution >= 0.6 is 0 Å². The van der Waals surface area contributed by atoms with Gasteiger partial charge in [-0.1, -0.05) is 56.3 Å². The Morgan fingerprint density at radius 3 is 2.27 bits per heavy atom. The van der Waals surface area contributed by atoms with Gasteiger partial charge < -0.3 is 5.11 Å². The fourth-order valence-corrected chi connectivity index (χ4v) is 4.53. The third kappa shape index (κ3) is 4.68. The van der Waals surface area contributed by atoms with E-state index in [1.165, 1.54) is 47.6 Å². The molecule has 1 radical (unpaired) electrons. The van der Waals surface area contributed by atoms with Gasteiger partial charge in [0.15, 0.2) is 5.78 Å². The number of pyridine rings is 1. The summed E-state index contributed by atoms with van der Waals surface area (Å²) in [5.41, 5.74) is 8.42. The first kappa shape index (κ1) is 24.6. The summed E-state index contributed by atoms with van der Waals surface area (Å²) >= 11 is 0. The van der Waals surface area contributed by atoms with Gasteiger partial charge >= 0.3 is 0 Å². The fourth-order valence-electron chi connectivity index (χ4n) is 4.53. The molecule has 33 heavy (non-hydrogen) atoms. The molecule has 1 aliphatic rings. The van der Waals surface area contributed by atoms with Crippen LogP contribution in [0.4, 0.5) is 0 Å². The maximum absolute atomic E-state index is 10.0. The molecule has 0 aliphatic heterocycles. The Bertz CT molecular complexity index is 1340. The van der Waals surface area contributed by atoms with Gasteiger partial charge in [-0.3, -0.25) is 9.78 Å². The Balaban J connectivity index is 0.000000337. The number of aliphatic hydroxyl groups is 1. The standard InChI is InChI=1S/C24H18N.C5H8O2.Ir/c1-24(2)19-14-8-6-12-17(19)21-22(24)18-13-7-9-15-20(18)25-23(21)16-10-4-3-5-11-16;1-4(6)3-5(2)7;/h3-10,12-15H,1-2H3;3,6H,1-2H3;/q-1;;/b;4-3-;. The summed E-state index contributed by atoms with van der Waals surface area (Å²) in [5, 5.41) is 9.61. The Morgan fingerprint density at radius 1 is 0.970 bits per heavy atom. The number of hydrogen-bond donors (Lipinski definition) is 1. The van der Waals surface area contributed by atoms with E-state index in [2.05, 4.69) is 80.6 Å². The van der Waals surface area contributed by atoms with Crippen LogP contribution < -0.4 is 0 Å². The normalized spacial score (nSPS) is 13.3. The average molecular weight is 613 g/mol. The molecule has 0 saturated heterocycles. The largest absolute Gasteiger partial charge is 0.512 e. The van der Waals surface area contributed by atoms with E-state index < -0.39 is 0 Å². The van der Waals surface area contributed by atoms with Crippen molar-refractivity contribution in [2.45, 2.75) is 33.1 Å². The third-order valence-electron chi connectivity index (χ3n) is 5.76. The maximum Gasteiger partial charge on any atom is 0.155 e. The molecule has 0 fully saturated rings. The molecule has 0 saturated carbocycles. The van der Waals surface area contributed by atoms with Gasteiger partial charge in [0.05, 0.1) is 11.3 Å². The van der Waals surface area contributed by atoms with Crippen LogP contribution in [0.1, 0.15) is 38.8 Å². The number of nitrogens with zero attached hydrogens (tertiary/aromatic N) is 1. The van der Waals surface area contributed by atoms with Crippen LogP contribution in [0.5, 0.6) is 0 Å². The predicted octanol–water partition coefficient (Wildman–Crippen LogP) is 7.04. The molecule has 1 aliphatic carbocycles. The fraction of sp³-hybridized carbons (Fsp3) is 0.172. The summed E-state index contributed by atoms with van der Waals surface area (Å²) in [6, 6.07) is 28.7. The molecule has 4 aromatic rings. The first-order valence-corrected chi connectivity index (χ1v) is 10.7. The smallest absolute Gasteiger partial charge is 0.155 e. The van der Waals surface area contributed by atoms with Crippen LogP contribution in [0.25, 0.3) is 33.3 Å². The molecule has 0 spiro atoms. The summed E-state index contributed by atoms with van der Waals surface area (Å²) in [4.78, 5) is 15.1. The van der Waals surface area contributed by atoms with Crippen LogP contribution in [-0.2, 0) is 30.3 Å². The van der Waals surface area contributed by atoms with Gasteiger partial charge in [-0.05, 0) is 47.9 Å². The first-order valence-electron chi connectivity index (χ1n) is 10.7. The molecular formula is C29H26IrNO2-. The zero-order valence-corrected chi connectivity index (χ0v) is 21.5. The molecule has 0 atom stereocenters. The van der Waals surface area contributed by atoms with Crippen LogP contribution in [-0.4, -0.2) is 15.9 Å². The number of aromatic nitrogens is 1. The second kappa shape index (κ2) is 9.82. The number of carbonyl (C=O) groups is 1. The molecule has 3 aromatic carbocycles. The van der Waals surface area contributed by atoms with Crippen LogP contribution in [0.2, 0.25) is 0 Å². The summed E-state index contributed by atoms with van der Waals surface area (Å²) < 4.78 is 0. The molecule has 1 heterocycles. The summed E-state index contributed by atoms with van der Waals surface area (Å²) in [7, 11) is 0. The quantitative estimate of drug-likeness (QED) is 0.150. The van der Waals surface area contributed by atoms with Gasteiger partial charge in [0.2, 0.25) is 0 Å². The Labute approximate surface area is 208 Å². The van der Waals surface area contributed by atoms with Crippen molar-refractivity contribution in [2.75, 3.05) is 0 Å². The summed E-state index contributed by atoms with van der Waals surface area (Å²) in [6.45, 7) is 7.49. The Morgan fingerprint density at radius 2 is 1.64 bits per heavy atom. The molecule has 1 N–H and O–H groups in total. The van der Waals surface area contributed by atoms with Crippen molar-refractivity contribution >= 4 is 16.7 Å². The minimum atomic E-state index is -0.125. The monoisotopic (exact) mass is 613 g/mol. The number of rotatable bonds is 2. The minimum absolute atomic E-state index is 0. The van der Waals surface area contributed by atoms with Crippen LogP contribution in [0.15, 0.2) is 84.6 Å². The predicted molar refractivity (Wildman–Crippen MR) is 131 cm³/mol. The third-order valence-corrected chi connectivity index (χ3v) is 5.76. The number of benzene rings is 3. The van der Waals surface area contributed by atoms with Crippen molar-refractivity contribution in [3.8, 4) is 22.4 Å². The van der Waals surface area contributed by atoms with Crippen molar-refractivity contribution in [3.63, 3.8) is 0 Å². The van der Waals surface area contributed by atoms with Crippen molar-refractivity contribution in [1.82, 2.24) is 4.98 Å². The summed E-state index contributed by atoms with van der Waals surface area (Å²) in [6.07, 6.45) is 1.17. The van der Waals surface area contributed by atoms with E-state index >= 15 is 0 Å². The number of allylic oxidation sites excluding steroid dienone is 2. The van der Waals surface area contributed by atoms with Crippen molar-refractivity contribution in [2.24, 2.45) is 0 Å². The number of carbonyl (C=O) groups excluding carboxylic acids is 1. The molecule has 0 bridgehead atoms. The van der Waals surface area contributed by atoms with Gasteiger partial charge in [-0.25, -0.2) is 0 Å². The molecular weight excluding hydrogens is 587 g/mol. The number of aliphatic hydroxyl groups excluding tert-OH is 1. The van der Waals surface area contributed by atoms with Gasteiger partial charge in [0.25, 0.3) is 0 Å². The number of ketones is 1.